The highest BCUT2D eigenvalue weighted by atomic mass is 15.6. The monoisotopic (exact) mass is 341 g/mol. The fraction of sp³-hybridized carbons (Fsp3) is 0.174. The molecule has 3 heteroatoms. The molecule has 4 rings (SSSR count). The molecule has 0 saturated heterocycles. The minimum atomic E-state index is -0.0673. The average Bonchev–Trinajstić information content (AvgIpc) is 2.73. The zero-order chi connectivity index (χ0) is 17.9. The van der Waals surface area contributed by atoms with Gasteiger partial charge in [0.1, 0.15) is 0 Å². The van der Waals surface area contributed by atoms with Crippen LogP contribution in [0.2, 0.25) is 0 Å². The highest BCUT2D eigenvalue weighted by Crippen LogP contribution is 2.29. The second-order valence-corrected chi connectivity index (χ2v) is 6.64. The molecule has 0 bridgehead atoms. The summed E-state index contributed by atoms with van der Waals surface area (Å²) in [5.74, 6) is 0. The van der Waals surface area contributed by atoms with Gasteiger partial charge in [0.15, 0.2) is 6.17 Å². The summed E-state index contributed by atoms with van der Waals surface area (Å²) in [5, 5.41) is 6.70. The van der Waals surface area contributed by atoms with Crippen LogP contribution in [0.15, 0.2) is 89.9 Å². The van der Waals surface area contributed by atoms with Gasteiger partial charge in [0.25, 0.3) is 0 Å². The quantitative estimate of drug-likeness (QED) is 0.721. The Morgan fingerprint density at radius 2 is 1.46 bits per heavy atom. The molecule has 0 N–H and O–H groups in total. The molecule has 0 amide bonds. The van der Waals surface area contributed by atoms with Crippen LogP contribution in [0.4, 0.5) is 0 Å². The van der Waals surface area contributed by atoms with Gasteiger partial charge in [-0.1, -0.05) is 78.9 Å². The molecule has 3 nitrogen and oxygen atoms in total. The summed E-state index contributed by atoms with van der Waals surface area (Å²) in [6, 6.07) is 29.6. The Morgan fingerprint density at radius 1 is 0.846 bits per heavy atom. The van der Waals surface area contributed by atoms with Crippen LogP contribution in [0.5, 0.6) is 0 Å². The van der Waals surface area contributed by atoms with E-state index in [0.29, 0.717) is 0 Å². The first-order valence-electron chi connectivity index (χ1n) is 9.00. The Labute approximate surface area is 154 Å². The number of hydrazine groups is 1. The third kappa shape index (κ3) is 3.14. The van der Waals surface area contributed by atoms with Gasteiger partial charge in [0, 0.05) is 18.5 Å². The van der Waals surface area contributed by atoms with E-state index >= 15 is 0 Å². The molecular weight excluding hydrogens is 318 g/mol. The van der Waals surface area contributed by atoms with Crippen molar-refractivity contribution in [3.63, 3.8) is 0 Å². The number of fused-ring (bicyclic) bond motifs is 1. The number of hydrogen-bond donors (Lipinski definition) is 0. The number of rotatable bonds is 4. The number of hydrogen-bond acceptors (Lipinski definition) is 3. The van der Waals surface area contributed by atoms with Crippen LogP contribution in [0.25, 0.3) is 6.20 Å². The van der Waals surface area contributed by atoms with E-state index in [4.69, 9.17) is 4.99 Å². The summed E-state index contributed by atoms with van der Waals surface area (Å²) < 4.78 is 0. The summed E-state index contributed by atoms with van der Waals surface area (Å²) in [4.78, 5) is 5.05. The van der Waals surface area contributed by atoms with Gasteiger partial charge in [-0.3, -0.25) is 10.0 Å². The van der Waals surface area contributed by atoms with Crippen molar-refractivity contribution in [1.82, 2.24) is 10.0 Å². The van der Waals surface area contributed by atoms with Gasteiger partial charge in [-0.05, 0) is 24.1 Å². The minimum Gasteiger partial charge on any atom is -0.284 e. The maximum Gasteiger partial charge on any atom is 0.161 e. The van der Waals surface area contributed by atoms with Crippen LogP contribution in [0, 0.1) is 0 Å². The van der Waals surface area contributed by atoms with E-state index in [2.05, 4.69) is 103 Å². The molecule has 0 saturated carbocycles. The molecule has 1 heterocycles. The van der Waals surface area contributed by atoms with E-state index in [1.54, 1.807) is 0 Å². The summed E-state index contributed by atoms with van der Waals surface area (Å²) in [5.41, 5.74) is 2.47. The first kappa shape index (κ1) is 16.6. The van der Waals surface area contributed by atoms with Crippen molar-refractivity contribution in [2.24, 2.45) is 4.99 Å². The molecule has 1 unspecified atom stereocenters. The van der Waals surface area contributed by atoms with Crippen LogP contribution < -0.4 is 10.6 Å². The minimum absolute atomic E-state index is 0.0673. The van der Waals surface area contributed by atoms with Gasteiger partial charge in [-0.15, -0.1) is 0 Å². The van der Waals surface area contributed by atoms with Crippen molar-refractivity contribution < 1.29 is 0 Å². The van der Waals surface area contributed by atoms with Crippen molar-refractivity contribution in [2.75, 3.05) is 7.05 Å². The molecule has 0 aromatic heterocycles. The topological polar surface area (TPSA) is 18.8 Å². The molecule has 3 aromatic rings. The summed E-state index contributed by atoms with van der Waals surface area (Å²) in [6.45, 7) is 2.23. The molecule has 0 fully saturated rings. The van der Waals surface area contributed by atoms with Gasteiger partial charge in [-0.2, -0.15) is 0 Å². The van der Waals surface area contributed by atoms with Crippen LogP contribution in [-0.4, -0.2) is 17.1 Å². The maximum absolute atomic E-state index is 5.05. The highest BCUT2D eigenvalue weighted by Gasteiger charge is 2.26. The molecule has 1 aliphatic rings. The molecule has 0 spiro atoms. The lowest BCUT2D eigenvalue weighted by atomic mass is 10.1. The largest absolute Gasteiger partial charge is 0.284 e. The van der Waals surface area contributed by atoms with Gasteiger partial charge >= 0.3 is 0 Å². The lowest BCUT2D eigenvalue weighted by molar-refractivity contribution is -0.00791. The molecule has 0 aliphatic carbocycles. The van der Waals surface area contributed by atoms with Crippen LogP contribution in [-0.2, 0) is 0 Å². The van der Waals surface area contributed by atoms with E-state index < -0.39 is 0 Å². The fourth-order valence-electron chi connectivity index (χ4n) is 3.38. The Balaban J connectivity index is 1.77. The van der Waals surface area contributed by atoms with E-state index in [-0.39, 0.29) is 12.2 Å². The zero-order valence-corrected chi connectivity index (χ0v) is 15.2. The normalized spacial score (nSPS) is 17.2. The molecular formula is C23H23N3. The van der Waals surface area contributed by atoms with Crippen LogP contribution in [0.1, 0.15) is 30.3 Å². The Kier molecular flexibility index (Phi) is 4.55. The zero-order valence-electron chi connectivity index (χ0n) is 15.2. The third-order valence-corrected chi connectivity index (χ3v) is 5.02. The number of benzene rings is 3. The van der Waals surface area contributed by atoms with Gasteiger partial charge in [0.2, 0.25) is 0 Å². The predicted molar refractivity (Wildman–Crippen MR) is 105 cm³/mol. The first-order chi connectivity index (χ1) is 12.7. The van der Waals surface area contributed by atoms with Gasteiger partial charge < -0.3 is 0 Å². The van der Waals surface area contributed by atoms with Crippen molar-refractivity contribution in [3.05, 3.63) is 107 Å². The summed E-state index contributed by atoms with van der Waals surface area (Å²) >= 11 is 0. The lowest BCUT2D eigenvalue weighted by Crippen LogP contribution is -2.46. The Bertz CT molecular complexity index is 983. The smallest absolute Gasteiger partial charge is 0.161 e. The predicted octanol–water partition coefficient (Wildman–Crippen LogP) is 3.67. The summed E-state index contributed by atoms with van der Waals surface area (Å²) in [7, 11) is 2.13. The average molecular weight is 341 g/mol. The van der Waals surface area contributed by atoms with Crippen molar-refractivity contribution >= 4 is 6.20 Å². The molecule has 3 aromatic carbocycles. The standard InChI is InChI=1S/C23H23N3/c1-18(19-11-5-3-6-12-19)25(2)26-17-21-15-9-10-16-22(21)24-23(26)20-13-7-4-8-14-20/h3-18,23H,1-2H3/t18?,23-/m1/s1. The second kappa shape index (κ2) is 7.14. The van der Waals surface area contributed by atoms with Crippen molar-refractivity contribution in [2.45, 2.75) is 19.1 Å². The van der Waals surface area contributed by atoms with E-state index in [0.717, 1.165) is 10.6 Å². The Hall–Kier alpha value is -2.91. The lowest BCUT2D eigenvalue weighted by Gasteiger charge is -2.40. The number of nitrogens with zero attached hydrogens (tertiary/aromatic N) is 3. The SMILES string of the molecule is CC(c1ccccc1)N(C)N1C=c2ccccc2=N[C@H]1c1ccccc1. The van der Waals surface area contributed by atoms with Crippen molar-refractivity contribution in [3.8, 4) is 0 Å². The van der Waals surface area contributed by atoms with E-state index in [1.165, 1.54) is 11.1 Å². The first-order valence-corrected chi connectivity index (χ1v) is 9.00. The van der Waals surface area contributed by atoms with E-state index in [9.17, 15) is 0 Å². The third-order valence-electron chi connectivity index (χ3n) is 5.02. The fourth-order valence-corrected chi connectivity index (χ4v) is 3.38. The maximum atomic E-state index is 5.05. The summed E-state index contributed by atoms with van der Waals surface area (Å²) in [6.07, 6.45) is 2.14. The van der Waals surface area contributed by atoms with Gasteiger partial charge in [0.05, 0.1) is 11.4 Å². The molecule has 26 heavy (non-hydrogen) atoms. The second-order valence-electron chi connectivity index (χ2n) is 6.64. The molecule has 1 aliphatic heterocycles. The van der Waals surface area contributed by atoms with Crippen LogP contribution >= 0.6 is 0 Å². The number of para-hydroxylation sites is 1. The van der Waals surface area contributed by atoms with E-state index in [1.807, 2.05) is 12.1 Å². The van der Waals surface area contributed by atoms with Gasteiger partial charge in [-0.25, -0.2) is 5.01 Å². The van der Waals surface area contributed by atoms with Crippen molar-refractivity contribution in [1.29, 1.82) is 0 Å². The Morgan fingerprint density at radius 3 is 2.19 bits per heavy atom. The highest BCUT2D eigenvalue weighted by molar-refractivity contribution is 5.30. The molecule has 130 valence electrons. The van der Waals surface area contributed by atoms with Crippen LogP contribution in [0.3, 0.4) is 0 Å². The molecule has 2 atom stereocenters. The molecule has 0 radical (unpaired) electrons.